The molecule has 0 aliphatic rings. The molecule has 3 aromatic rings. The Labute approximate surface area is 185 Å². The molecule has 31 heavy (non-hydrogen) atoms. The van der Waals surface area contributed by atoms with Gasteiger partial charge < -0.3 is 20.5 Å². The van der Waals surface area contributed by atoms with Crippen LogP contribution in [0.1, 0.15) is 27.0 Å². The SMILES string of the molecule is Cc1ccc(NC(=O)COc2ccc(Cl)cc2CNc2ccc(C(=O)O)cc2C)cc1. The lowest BCUT2D eigenvalue weighted by Crippen LogP contribution is -2.20. The molecule has 0 saturated carbocycles. The number of carboxylic acid groups (broad SMARTS) is 1. The summed E-state index contributed by atoms with van der Waals surface area (Å²) in [5.74, 6) is -0.697. The number of rotatable bonds is 8. The maximum atomic E-state index is 12.2. The Morgan fingerprint density at radius 2 is 1.74 bits per heavy atom. The van der Waals surface area contributed by atoms with Gasteiger partial charge in [-0.2, -0.15) is 0 Å². The zero-order valence-electron chi connectivity index (χ0n) is 17.2. The number of hydrogen-bond acceptors (Lipinski definition) is 4. The van der Waals surface area contributed by atoms with Gasteiger partial charge >= 0.3 is 5.97 Å². The fourth-order valence-electron chi connectivity index (χ4n) is 2.99. The lowest BCUT2D eigenvalue weighted by Gasteiger charge is -2.15. The Bertz CT molecular complexity index is 1100. The van der Waals surface area contributed by atoms with Crippen LogP contribution in [0.5, 0.6) is 5.75 Å². The second-order valence-corrected chi connectivity index (χ2v) is 7.58. The Morgan fingerprint density at radius 1 is 1.00 bits per heavy atom. The zero-order valence-corrected chi connectivity index (χ0v) is 18.0. The lowest BCUT2D eigenvalue weighted by molar-refractivity contribution is -0.118. The van der Waals surface area contributed by atoms with Crippen LogP contribution in [-0.4, -0.2) is 23.6 Å². The Kier molecular flexibility index (Phi) is 7.15. The lowest BCUT2D eigenvalue weighted by atomic mass is 10.1. The highest BCUT2D eigenvalue weighted by Crippen LogP contribution is 2.25. The largest absolute Gasteiger partial charge is 0.483 e. The standard InChI is InChI=1S/C24H23ClN2O4/c1-15-3-7-20(8-4-15)27-23(28)14-31-22-10-6-19(25)12-18(22)13-26-21-9-5-17(24(29)30)11-16(21)2/h3-12,26H,13-14H2,1-2H3,(H,27,28)(H,29,30). The fourth-order valence-corrected chi connectivity index (χ4v) is 3.18. The van der Waals surface area contributed by atoms with Gasteiger partial charge in [0.15, 0.2) is 6.61 Å². The zero-order chi connectivity index (χ0) is 22.4. The van der Waals surface area contributed by atoms with Crippen molar-refractivity contribution in [2.45, 2.75) is 20.4 Å². The van der Waals surface area contributed by atoms with Crippen LogP contribution in [-0.2, 0) is 11.3 Å². The second-order valence-electron chi connectivity index (χ2n) is 7.14. The summed E-state index contributed by atoms with van der Waals surface area (Å²) in [4.78, 5) is 23.3. The molecule has 3 N–H and O–H groups in total. The molecular formula is C24H23ClN2O4. The number of carbonyl (C=O) groups excluding carboxylic acids is 1. The van der Waals surface area contributed by atoms with Crippen LogP contribution in [0.15, 0.2) is 60.7 Å². The molecular weight excluding hydrogens is 416 g/mol. The van der Waals surface area contributed by atoms with Crippen LogP contribution in [0.25, 0.3) is 0 Å². The van der Waals surface area contributed by atoms with Crippen LogP contribution < -0.4 is 15.4 Å². The average Bonchev–Trinajstić information content (AvgIpc) is 2.73. The molecule has 0 fully saturated rings. The van der Waals surface area contributed by atoms with Gasteiger partial charge in [0.1, 0.15) is 5.75 Å². The van der Waals surface area contributed by atoms with Gasteiger partial charge in [0.25, 0.3) is 5.91 Å². The first-order valence-corrected chi connectivity index (χ1v) is 10.0. The van der Waals surface area contributed by atoms with Crippen molar-refractivity contribution >= 4 is 34.9 Å². The van der Waals surface area contributed by atoms with Crippen LogP contribution in [0.2, 0.25) is 5.02 Å². The summed E-state index contributed by atoms with van der Waals surface area (Å²) in [6, 6.07) is 17.6. The average molecular weight is 439 g/mol. The monoisotopic (exact) mass is 438 g/mol. The van der Waals surface area contributed by atoms with E-state index in [4.69, 9.17) is 21.4 Å². The van der Waals surface area contributed by atoms with Crippen molar-refractivity contribution in [1.82, 2.24) is 0 Å². The predicted octanol–water partition coefficient (Wildman–Crippen LogP) is 5.28. The molecule has 0 spiro atoms. The highest BCUT2D eigenvalue weighted by atomic mass is 35.5. The third kappa shape index (κ3) is 6.23. The number of halogens is 1. The van der Waals surface area contributed by atoms with E-state index >= 15 is 0 Å². The van der Waals surface area contributed by atoms with Crippen LogP contribution in [0.3, 0.4) is 0 Å². The van der Waals surface area contributed by atoms with E-state index in [2.05, 4.69) is 10.6 Å². The number of aromatic carboxylic acids is 1. The number of ether oxygens (including phenoxy) is 1. The van der Waals surface area contributed by atoms with E-state index in [1.165, 1.54) is 0 Å². The number of aryl methyl sites for hydroxylation is 2. The molecule has 3 rings (SSSR count). The van der Waals surface area contributed by atoms with Crippen molar-refractivity contribution in [2.24, 2.45) is 0 Å². The summed E-state index contributed by atoms with van der Waals surface area (Å²) in [7, 11) is 0. The Hall–Kier alpha value is -3.51. The third-order valence-corrected chi connectivity index (χ3v) is 4.89. The molecule has 0 saturated heterocycles. The number of hydrogen-bond donors (Lipinski definition) is 3. The molecule has 0 unspecified atom stereocenters. The summed E-state index contributed by atoms with van der Waals surface area (Å²) < 4.78 is 5.73. The van der Waals surface area contributed by atoms with E-state index < -0.39 is 5.97 Å². The minimum atomic E-state index is -0.968. The smallest absolute Gasteiger partial charge is 0.335 e. The van der Waals surface area contributed by atoms with E-state index in [9.17, 15) is 9.59 Å². The molecule has 1 amide bonds. The molecule has 0 heterocycles. The van der Waals surface area contributed by atoms with Gasteiger partial charge in [0, 0.05) is 28.5 Å². The molecule has 0 aliphatic heterocycles. The number of carbonyl (C=O) groups is 2. The molecule has 0 bridgehead atoms. The van der Waals surface area contributed by atoms with Crippen molar-refractivity contribution in [3.8, 4) is 5.75 Å². The van der Waals surface area contributed by atoms with Gasteiger partial charge in [-0.05, 0) is 67.9 Å². The maximum Gasteiger partial charge on any atom is 0.335 e. The second kappa shape index (κ2) is 10.00. The first kappa shape index (κ1) is 22.2. The predicted molar refractivity (Wildman–Crippen MR) is 122 cm³/mol. The molecule has 160 valence electrons. The van der Waals surface area contributed by atoms with Crippen LogP contribution >= 0.6 is 11.6 Å². The quantitative estimate of drug-likeness (QED) is 0.445. The van der Waals surface area contributed by atoms with Gasteiger partial charge in [-0.1, -0.05) is 29.3 Å². The topological polar surface area (TPSA) is 87.7 Å². The van der Waals surface area contributed by atoms with Crippen LogP contribution in [0, 0.1) is 13.8 Å². The minimum absolute atomic E-state index is 0.144. The number of anilines is 2. The number of benzene rings is 3. The van der Waals surface area contributed by atoms with Gasteiger partial charge in [-0.3, -0.25) is 4.79 Å². The molecule has 6 nitrogen and oxygen atoms in total. The van der Waals surface area contributed by atoms with E-state index in [0.29, 0.717) is 23.0 Å². The molecule has 0 atom stereocenters. The summed E-state index contributed by atoms with van der Waals surface area (Å²) in [6.07, 6.45) is 0. The highest BCUT2D eigenvalue weighted by molar-refractivity contribution is 6.30. The summed E-state index contributed by atoms with van der Waals surface area (Å²) in [5, 5.41) is 15.7. The first-order chi connectivity index (χ1) is 14.8. The van der Waals surface area contributed by atoms with Crippen LogP contribution in [0.4, 0.5) is 11.4 Å². The number of amides is 1. The number of carboxylic acids is 1. The number of nitrogens with one attached hydrogen (secondary N) is 2. The molecule has 7 heteroatoms. The van der Waals surface area contributed by atoms with Gasteiger partial charge in [-0.15, -0.1) is 0 Å². The minimum Gasteiger partial charge on any atom is -0.483 e. The fraction of sp³-hybridized carbons (Fsp3) is 0.167. The molecule has 3 aromatic carbocycles. The van der Waals surface area contributed by atoms with Gasteiger partial charge in [-0.25, -0.2) is 4.79 Å². The van der Waals surface area contributed by atoms with Gasteiger partial charge in [0.2, 0.25) is 0 Å². The normalized spacial score (nSPS) is 10.4. The van der Waals surface area contributed by atoms with E-state index in [0.717, 1.165) is 22.4 Å². The summed E-state index contributed by atoms with van der Waals surface area (Å²) in [5.41, 5.74) is 4.43. The van der Waals surface area contributed by atoms with Gasteiger partial charge in [0.05, 0.1) is 5.56 Å². The first-order valence-electron chi connectivity index (χ1n) is 9.67. The maximum absolute atomic E-state index is 12.2. The molecule has 0 aromatic heterocycles. The summed E-state index contributed by atoms with van der Waals surface area (Å²) in [6.45, 7) is 4.06. The van der Waals surface area contributed by atoms with E-state index in [1.807, 2.05) is 38.1 Å². The summed E-state index contributed by atoms with van der Waals surface area (Å²) >= 11 is 6.14. The van der Waals surface area contributed by atoms with Crippen molar-refractivity contribution in [3.63, 3.8) is 0 Å². The molecule has 0 radical (unpaired) electrons. The van der Waals surface area contributed by atoms with Crippen molar-refractivity contribution in [3.05, 3.63) is 87.9 Å². The highest BCUT2D eigenvalue weighted by Gasteiger charge is 2.10. The van der Waals surface area contributed by atoms with E-state index in [-0.39, 0.29) is 18.1 Å². The van der Waals surface area contributed by atoms with Crippen molar-refractivity contribution < 1.29 is 19.4 Å². The van der Waals surface area contributed by atoms with Crippen molar-refractivity contribution in [2.75, 3.05) is 17.2 Å². The Balaban J connectivity index is 1.64. The van der Waals surface area contributed by atoms with E-state index in [1.54, 1.807) is 36.4 Å². The Morgan fingerprint density at radius 3 is 2.42 bits per heavy atom. The molecule has 0 aliphatic carbocycles. The van der Waals surface area contributed by atoms with Crippen molar-refractivity contribution in [1.29, 1.82) is 0 Å². The third-order valence-electron chi connectivity index (χ3n) is 4.66.